The van der Waals surface area contributed by atoms with E-state index in [-0.39, 0.29) is 24.2 Å². The van der Waals surface area contributed by atoms with E-state index >= 15 is 0 Å². The zero-order valence-corrected chi connectivity index (χ0v) is 17.9. The van der Waals surface area contributed by atoms with Crippen LogP contribution in [-0.2, 0) is 4.79 Å². The summed E-state index contributed by atoms with van der Waals surface area (Å²) in [5.74, 6) is -0.447. The van der Waals surface area contributed by atoms with E-state index in [1.165, 1.54) is 12.1 Å². The largest absolute Gasteiger partial charge is 0.489 e. The minimum Gasteiger partial charge on any atom is -0.489 e. The van der Waals surface area contributed by atoms with Crippen LogP contribution in [-0.4, -0.2) is 52.6 Å². The first kappa shape index (κ1) is 21.8. The fourth-order valence-corrected chi connectivity index (χ4v) is 3.73. The zero-order valence-electron chi connectivity index (χ0n) is 17.2. The predicted octanol–water partition coefficient (Wildman–Crippen LogP) is 3.67. The number of halogens is 2. The monoisotopic (exact) mass is 456 g/mol. The molecular weight excluding hydrogens is 435 g/mol. The number of carbonyl (C=O) groups is 2. The van der Waals surface area contributed by atoms with Crippen molar-refractivity contribution in [3.63, 3.8) is 0 Å². The van der Waals surface area contributed by atoms with Crippen molar-refractivity contribution < 1.29 is 18.7 Å². The number of ether oxygens (including phenoxy) is 1. The number of carbonyl (C=O) groups excluding carboxylic acids is 2. The highest BCUT2D eigenvalue weighted by Gasteiger charge is 2.25. The number of benzene rings is 2. The van der Waals surface area contributed by atoms with Crippen LogP contribution in [0.15, 0.2) is 54.6 Å². The summed E-state index contributed by atoms with van der Waals surface area (Å²) in [4.78, 5) is 26.6. The molecule has 4 rings (SSSR count). The molecule has 166 valence electrons. The summed E-state index contributed by atoms with van der Waals surface area (Å²) in [6.45, 7) is 0.930. The van der Waals surface area contributed by atoms with Crippen molar-refractivity contribution in [3.05, 3.63) is 71.1 Å². The van der Waals surface area contributed by atoms with Gasteiger partial charge < -0.3 is 15.0 Å². The molecule has 2 aromatic carbocycles. The number of amides is 2. The fraction of sp³-hybridized carbons (Fsp3) is 0.261. The molecule has 0 unspecified atom stereocenters. The fourth-order valence-electron chi connectivity index (χ4n) is 3.55. The number of aromatic nitrogens is 2. The minimum absolute atomic E-state index is 0.0182. The highest BCUT2D eigenvalue weighted by molar-refractivity contribution is 6.32. The molecular formula is C23H22ClFN4O3. The van der Waals surface area contributed by atoms with Crippen LogP contribution in [0.5, 0.6) is 5.75 Å². The molecule has 0 bridgehead atoms. The third-order valence-corrected chi connectivity index (χ3v) is 5.61. The maximum atomic E-state index is 13.9. The number of nitrogens with one attached hydrogen (secondary N) is 2. The summed E-state index contributed by atoms with van der Waals surface area (Å²) in [6, 6.07) is 14.9. The Bertz CT molecular complexity index is 1110. The molecule has 0 atom stereocenters. The highest BCUT2D eigenvalue weighted by atomic mass is 35.5. The first-order valence-electron chi connectivity index (χ1n) is 10.3. The van der Waals surface area contributed by atoms with Crippen molar-refractivity contribution in [2.75, 3.05) is 19.6 Å². The number of H-pyrrole nitrogens is 1. The Balaban J connectivity index is 1.25. The summed E-state index contributed by atoms with van der Waals surface area (Å²) in [7, 11) is 0. The predicted molar refractivity (Wildman–Crippen MR) is 118 cm³/mol. The van der Waals surface area contributed by atoms with Crippen molar-refractivity contribution in [1.82, 2.24) is 20.4 Å². The smallest absolute Gasteiger partial charge is 0.269 e. The lowest BCUT2D eigenvalue weighted by Gasteiger charge is -2.32. The lowest BCUT2D eigenvalue weighted by molar-refractivity contribution is -0.131. The van der Waals surface area contributed by atoms with Crippen LogP contribution >= 0.6 is 11.6 Å². The van der Waals surface area contributed by atoms with Gasteiger partial charge in [0.25, 0.3) is 5.91 Å². The van der Waals surface area contributed by atoms with Crippen LogP contribution in [0.2, 0.25) is 5.02 Å². The summed E-state index contributed by atoms with van der Waals surface area (Å²) in [5.41, 5.74) is 0.767. The quantitative estimate of drug-likeness (QED) is 0.592. The Hall–Kier alpha value is -3.39. The summed E-state index contributed by atoms with van der Waals surface area (Å²) >= 11 is 6.13. The molecule has 9 heteroatoms. The number of rotatable bonds is 6. The van der Waals surface area contributed by atoms with Crippen LogP contribution in [0.4, 0.5) is 4.39 Å². The van der Waals surface area contributed by atoms with Crippen molar-refractivity contribution in [2.45, 2.75) is 18.9 Å². The number of hydrogen-bond acceptors (Lipinski definition) is 4. The number of likely N-dealkylation sites (tertiary alicyclic amines) is 1. The second kappa shape index (κ2) is 9.82. The molecule has 1 fully saturated rings. The Morgan fingerprint density at radius 1 is 1.16 bits per heavy atom. The average Bonchev–Trinajstić information content (AvgIpc) is 3.30. The van der Waals surface area contributed by atoms with Crippen molar-refractivity contribution >= 4 is 23.4 Å². The van der Waals surface area contributed by atoms with E-state index in [0.717, 1.165) is 0 Å². The lowest BCUT2D eigenvalue weighted by atomic mass is 10.1. The van der Waals surface area contributed by atoms with Crippen molar-refractivity contribution in [2.24, 2.45) is 0 Å². The molecule has 0 saturated carbocycles. The van der Waals surface area contributed by atoms with Crippen LogP contribution in [0.1, 0.15) is 23.3 Å². The van der Waals surface area contributed by atoms with Gasteiger partial charge in [-0.05, 0) is 30.3 Å². The second-order valence-electron chi connectivity index (χ2n) is 7.46. The van der Waals surface area contributed by atoms with Crippen molar-refractivity contribution in [1.29, 1.82) is 0 Å². The van der Waals surface area contributed by atoms with E-state index < -0.39 is 11.7 Å². The third kappa shape index (κ3) is 5.08. The topological polar surface area (TPSA) is 87.3 Å². The van der Waals surface area contributed by atoms with E-state index in [9.17, 15) is 14.0 Å². The Morgan fingerprint density at radius 3 is 2.62 bits per heavy atom. The van der Waals surface area contributed by atoms with Gasteiger partial charge >= 0.3 is 0 Å². The second-order valence-corrected chi connectivity index (χ2v) is 7.87. The lowest BCUT2D eigenvalue weighted by Crippen LogP contribution is -2.46. The molecule has 2 N–H and O–H groups in total. The molecule has 0 spiro atoms. The Morgan fingerprint density at radius 2 is 1.88 bits per heavy atom. The first-order valence-corrected chi connectivity index (χ1v) is 10.7. The molecule has 7 nitrogen and oxygen atoms in total. The number of hydrogen-bond donors (Lipinski definition) is 2. The molecule has 1 aliphatic heterocycles. The normalized spacial score (nSPS) is 14.2. The molecule has 3 aromatic rings. The summed E-state index contributed by atoms with van der Waals surface area (Å²) in [6.07, 6.45) is 1.34. The molecule has 2 amide bonds. The van der Waals surface area contributed by atoms with Crippen LogP contribution in [0, 0.1) is 5.82 Å². The number of nitrogens with zero attached hydrogens (tertiary/aromatic N) is 2. The molecule has 1 saturated heterocycles. The van der Waals surface area contributed by atoms with E-state index in [2.05, 4.69) is 15.5 Å². The average molecular weight is 457 g/mol. The van der Waals surface area contributed by atoms with E-state index in [4.69, 9.17) is 16.3 Å². The Kier molecular flexibility index (Phi) is 6.70. The Labute approximate surface area is 189 Å². The zero-order chi connectivity index (χ0) is 22.5. The number of aromatic amines is 1. The van der Waals surface area contributed by atoms with Crippen molar-refractivity contribution in [3.8, 4) is 17.0 Å². The molecule has 1 aliphatic rings. The molecule has 0 radical (unpaired) electrons. The van der Waals surface area contributed by atoms with Gasteiger partial charge in [0, 0.05) is 31.5 Å². The highest BCUT2D eigenvalue weighted by Crippen LogP contribution is 2.27. The van der Waals surface area contributed by atoms with Crippen LogP contribution in [0.3, 0.4) is 0 Å². The first-order chi connectivity index (χ1) is 15.5. The standard InChI is InChI=1S/C23H22ClFN4O3/c24-17-6-2-4-8-21(17)32-15-9-11-29(12-10-15)22(30)14-26-23(31)20-13-19(27-28-20)16-5-1-3-7-18(16)25/h1-8,13,15H,9-12,14H2,(H,26,31)(H,27,28). The molecule has 32 heavy (non-hydrogen) atoms. The van der Waals surface area contributed by atoms with Gasteiger partial charge in [0.05, 0.1) is 17.3 Å². The van der Waals surface area contributed by atoms with Gasteiger partial charge in [-0.2, -0.15) is 5.10 Å². The summed E-state index contributed by atoms with van der Waals surface area (Å²) < 4.78 is 19.8. The van der Waals surface area contributed by atoms with E-state index in [0.29, 0.717) is 48.0 Å². The van der Waals surface area contributed by atoms with Gasteiger partial charge in [-0.15, -0.1) is 0 Å². The number of piperidine rings is 1. The SMILES string of the molecule is O=C(NCC(=O)N1CCC(Oc2ccccc2Cl)CC1)c1cc(-c2ccccc2F)n[nH]1. The minimum atomic E-state index is -0.481. The summed E-state index contributed by atoms with van der Waals surface area (Å²) in [5, 5.41) is 9.73. The molecule has 1 aromatic heterocycles. The maximum Gasteiger partial charge on any atom is 0.269 e. The van der Waals surface area contributed by atoms with E-state index in [1.807, 2.05) is 18.2 Å². The van der Waals surface area contributed by atoms with Crippen LogP contribution < -0.4 is 10.1 Å². The van der Waals surface area contributed by atoms with Gasteiger partial charge in [0.15, 0.2) is 0 Å². The van der Waals surface area contributed by atoms with Gasteiger partial charge in [0.2, 0.25) is 5.91 Å². The van der Waals surface area contributed by atoms with Gasteiger partial charge in [0.1, 0.15) is 23.4 Å². The van der Waals surface area contributed by atoms with Gasteiger partial charge in [-0.1, -0.05) is 35.9 Å². The third-order valence-electron chi connectivity index (χ3n) is 5.30. The molecule has 0 aliphatic carbocycles. The van der Waals surface area contributed by atoms with Crippen LogP contribution in [0.25, 0.3) is 11.3 Å². The van der Waals surface area contributed by atoms with E-state index in [1.54, 1.807) is 29.2 Å². The number of para-hydroxylation sites is 1. The molecule has 2 heterocycles. The van der Waals surface area contributed by atoms with Gasteiger partial charge in [-0.3, -0.25) is 14.7 Å². The maximum absolute atomic E-state index is 13.9. The van der Waals surface area contributed by atoms with Gasteiger partial charge in [-0.25, -0.2) is 4.39 Å².